The van der Waals surface area contributed by atoms with Gasteiger partial charge >= 0.3 is 0 Å². The predicted octanol–water partition coefficient (Wildman–Crippen LogP) is 8.76. The summed E-state index contributed by atoms with van der Waals surface area (Å²) in [5.41, 5.74) is 4.14. The van der Waals surface area contributed by atoms with Crippen molar-refractivity contribution in [3.63, 3.8) is 0 Å². The van der Waals surface area contributed by atoms with Gasteiger partial charge in [-0.25, -0.2) is 8.97 Å². The topological polar surface area (TPSA) is 30.7 Å². The van der Waals surface area contributed by atoms with E-state index in [1.54, 1.807) is 13.2 Å². The fraction of sp³-hybridized carbons (Fsp3) is 0.594. The first kappa shape index (κ1) is 30.3. The highest BCUT2D eigenvalue weighted by Crippen LogP contribution is 2.37. The average Bonchev–Trinajstić information content (AvgIpc) is 2.92. The zero-order valence-electron chi connectivity index (χ0n) is 23.8. The number of rotatable bonds is 17. The SMILES string of the molecule is CCCCCCCCOc1c(OC)ccc2c1CC[N+](Cc1c(F)cc(OC)cc1Cl)=C2CCCCCC. The minimum atomic E-state index is -0.330. The van der Waals surface area contributed by atoms with Crippen LogP contribution in [0.25, 0.3) is 0 Å². The van der Waals surface area contributed by atoms with E-state index in [2.05, 4.69) is 24.5 Å². The summed E-state index contributed by atoms with van der Waals surface area (Å²) in [6.45, 7) is 6.37. The van der Waals surface area contributed by atoms with Crippen LogP contribution in [0.2, 0.25) is 5.02 Å². The summed E-state index contributed by atoms with van der Waals surface area (Å²) in [4.78, 5) is 0. The molecule has 0 N–H and O–H groups in total. The van der Waals surface area contributed by atoms with Crippen molar-refractivity contribution in [3.8, 4) is 17.2 Å². The van der Waals surface area contributed by atoms with Gasteiger partial charge in [0.15, 0.2) is 23.8 Å². The highest BCUT2D eigenvalue weighted by Gasteiger charge is 2.31. The Balaban J connectivity index is 1.89. The molecule has 6 heteroatoms. The van der Waals surface area contributed by atoms with Gasteiger partial charge in [-0.3, -0.25) is 0 Å². The second kappa shape index (κ2) is 16.0. The number of nitrogens with zero attached hydrogens (tertiary/aromatic N) is 1. The van der Waals surface area contributed by atoms with E-state index < -0.39 is 0 Å². The third-order valence-electron chi connectivity index (χ3n) is 7.48. The van der Waals surface area contributed by atoms with Crippen LogP contribution in [0, 0.1) is 5.82 Å². The number of halogens is 2. The van der Waals surface area contributed by atoms with Crippen molar-refractivity contribution in [2.24, 2.45) is 0 Å². The minimum absolute atomic E-state index is 0.330. The van der Waals surface area contributed by atoms with Crippen LogP contribution in [0.3, 0.4) is 0 Å². The summed E-state index contributed by atoms with van der Waals surface area (Å²) in [6, 6.07) is 7.28. The van der Waals surface area contributed by atoms with Gasteiger partial charge in [-0.05, 0) is 31.0 Å². The first-order chi connectivity index (χ1) is 18.5. The molecular weight excluding hydrogens is 501 g/mol. The van der Waals surface area contributed by atoms with E-state index in [0.29, 0.717) is 29.5 Å². The highest BCUT2D eigenvalue weighted by atomic mass is 35.5. The lowest BCUT2D eigenvalue weighted by molar-refractivity contribution is -0.546. The van der Waals surface area contributed by atoms with E-state index in [1.165, 1.54) is 81.4 Å². The average molecular weight is 547 g/mol. The van der Waals surface area contributed by atoms with E-state index in [0.717, 1.165) is 43.7 Å². The summed E-state index contributed by atoms with van der Waals surface area (Å²) in [6.07, 6.45) is 13.8. The van der Waals surface area contributed by atoms with E-state index in [9.17, 15) is 0 Å². The van der Waals surface area contributed by atoms with Crippen LogP contribution < -0.4 is 14.2 Å². The van der Waals surface area contributed by atoms with Gasteiger partial charge < -0.3 is 14.2 Å². The molecule has 0 saturated carbocycles. The number of fused-ring (bicyclic) bond motifs is 1. The molecule has 0 aliphatic carbocycles. The van der Waals surface area contributed by atoms with Crippen LogP contribution in [0.1, 0.15) is 101 Å². The van der Waals surface area contributed by atoms with Gasteiger partial charge in [-0.1, -0.05) is 76.8 Å². The van der Waals surface area contributed by atoms with E-state index >= 15 is 4.39 Å². The molecule has 0 amide bonds. The number of hydrogen-bond donors (Lipinski definition) is 0. The second-order valence-electron chi connectivity index (χ2n) is 10.2. The Morgan fingerprint density at radius 2 is 1.61 bits per heavy atom. The van der Waals surface area contributed by atoms with Gasteiger partial charge in [0.05, 0.1) is 31.4 Å². The first-order valence-corrected chi connectivity index (χ1v) is 14.9. The number of benzene rings is 2. The van der Waals surface area contributed by atoms with Crippen molar-refractivity contribution in [3.05, 3.63) is 51.8 Å². The summed E-state index contributed by atoms with van der Waals surface area (Å²) in [5, 5.41) is 0.399. The third kappa shape index (κ3) is 8.11. The molecule has 2 aromatic carbocycles. The van der Waals surface area contributed by atoms with Gasteiger partial charge in [0.25, 0.3) is 0 Å². The molecule has 0 saturated heterocycles. The van der Waals surface area contributed by atoms with Crippen LogP contribution in [-0.2, 0) is 13.0 Å². The monoisotopic (exact) mass is 546 g/mol. The van der Waals surface area contributed by atoms with Crippen LogP contribution in [0.4, 0.5) is 4.39 Å². The minimum Gasteiger partial charge on any atom is -0.497 e. The van der Waals surface area contributed by atoms with Crippen molar-refractivity contribution in [1.82, 2.24) is 0 Å². The molecule has 0 aromatic heterocycles. The van der Waals surface area contributed by atoms with Crippen molar-refractivity contribution in [2.45, 2.75) is 97.4 Å². The maximum atomic E-state index is 15.0. The van der Waals surface area contributed by atoms with Gasteiger partial charge in [-0.15, -0.1) is 0 Å². The Morgan fingerprint density at radius 1 is 0.895 bits per heavy atom. The number of unbranched alkanes of at least 4 members (excludes halogenated alkanes) is 8. The second-order valence-corrected chi connectivity index (χ2v) is 10.6. The lowest BCUT2D eigenvalue weighted by Gasteiger charge is -2.23. The number of hydrogen-bond acceptors (Lipinski definition) is 3. The molecule has 38 heavy (non-hydrogen) atoms. The molecule has 2 aromatic rings. The third-order valence-corrected chi connectivity index (χ3v) is 7.82. The van der Waals surface area contributed by atoms with Crippen molar-refractivity contribution in [2.75, 3.05) is 27.4 Å². The Kier molecular flexibility index (Phi) is 12.7. The Morgan fingerprint density at radius 3 is 2.29 bits per heavy atom. The largest absolute Gasteiger partial charge is 0.497 e. The number of ether oxygens (including phenoxy) is 3. The Hall–Kier alpha value is -2.27. The summed E-state index contributed by atoms with van der Waals surface area (Å²) in [7, 11) is 3.23. The van der Waals surface area contributed by atoms with E-state index in [4.69, 9.17) is 25.8 Å². The van der Waals surface area contributed by atoms with Gasteiger partial charge in [-0.2, -0.15) is 0 Å². The molecule has 0 unspecified atom stereocenters. The van der Waals surface area contributed by atoms with Gasteiger partial charge in [0.2, 0.25) is 0 Å². The normalized spacial score (nSPS) is 13.0. The predicted molar refractivity (Wildman–Crippen MR) is 155 cm³/mol. The maximum Gasteiger partial charge on any atom is 0.184 e. The fourth-order valence-corrected chi connectivity index (χ4v) is 5.54. The smallest absolute Gasteiger partial charge is 0.184 e. The van der Waals surface area contributed by atoms with Crippen molar-refractivity contribution >= 4 is 17.3 Å². The van der Waals surface area contributed by atoms with Crippen molar-refractivity contribution < 1.29 is 23.2 Å². The standard InChI is InChI=1S/C32H46ClFNO3/c1-5-7-9-11-12-14-20-38-32-26-18-19-35(23-27-28(33)21-24(36-3)22-29(27)34)30(15-13-10-8-6-2)25(26)16-17-31(32)37-4/h16-17,21-22H,5-15,18-20,23H2,1-4H3/q+1. The lowest BCUT2D eigenvalue weighted by Crippen LogP contribution is -2.31. The molecule has 3 rings (SSSR count). The zero-order valence-corrected chi connectivity index (χ0v) is 24.6. The highest BCUT2D eigenvalue weighted by molar-refractivity contribution is 6.31. The Bertz CT molecular complexity index is 1050. The molecule has 1 heterocycles. The van der Waals surface area contributed by atoms with Gasteiger partial charge in [0.1, 0.15) is 18.1 Å². The molecule has 0 fully saturated rings. The summed E-state index contributed by atoms with van der Waals surface area (Å²) < 4.78 is 34.6. The summed E-state index contributed by atoms with van der Waals surface area (Å²) >= 11 is 6.51. The fourth-order valence-electron chi connectivity index (χ4n) is 5.28. The molecular formula is C32H46ClFNO3+. The molecule has 0 radical (unpaired) electrons. The lowest BCUT2D eigenvalue weighted by atomic mass is 9.92. The summed E-state index contributed by atoms with van der Waals surface area (Å²) in [5.74, 6) is 1.77. The Labute approximate surface area is 234 Å². The number of methoxy groups -OCH3 is 2. The molecule has 4 nitrogen and oxygen atoms in total. The van der Waals surface area contributed by atoms with E-state index in [1.807, 2.05) is 6.07 Å². The molecule has 1 aliphatic heterocycles. The molecule has 0 atom stereocenters. The first-order valence-electron chi connectivity index (χ1n) is 14.5. The molecule has 210 valence electrons. The van der Waals surface area contributed by atoms with Gasteiger partial charge in [0, 0.05) is 30.0 Å². The van der Waals surface area contributed by atoms with Crippen LogP contribution in [-0.4, -0.2) is 37.7 Å². The van der Waals surface area contributed by atoms with E-state index in [-0.39, 0.29) is 5.82 Å². The van der Waals surface area contributed by atoms with Crippen LogP contribution >= 0.6 is 11.6 Å². The zero-order chi connectivity index (χ0) is 27.3. The van der Waals surface area contributed by atoms with Crippen LogP contribution in [0.15, 0.2) is 24.3 Å². The van der Waals surface area contributed by atoms with Crippen molar-refractivity contribution in [1.29, 1.82) is 0 Å². The molecule has 0 spiro atoms. The molecule has 0 bridgehead atoms. The molecule has 1 aliphatic rings. The maximum absolute atomic E-state index is 15.0. The van der Waals surface area contributed by atoms with Crippen LogP contribution in [0.5, 0.6) is 17.2 Å². The quantitative estimate of drug-likeness (QED) is 0.147.